The van der Waals surface area contributed by atoms with Crippen LogP contribution in [0.2, 0.25) is 0 Å². The second kappa shape index (κ2) is 4.97. The van der Waals surface area contributed by atoms with Crippen molar-refractivity contribution in [3.63, 3.8) is 0 Å². The van der Waals surface area contributed by atoms with Crippen molar-refractivity contribution in [3.05, 3.63) is 79.0 Å². The standard InChI is InChI=1S/C21H13BN2/c22-15-10-8-14(9-11-15)20-21-18(13-16-5-3-4-12-24(16)21)17-6-1-2-7-19(17)23-20/h1-13H. The Balaban J connectivity index is 2.01. The van der Waals surface area contributed by atoms with Crippen molar-refractivity contribution in [2.75, 3.05) is 0 Å². The predicted molar refractivity (Wildman–Crippen MR) is 101 cm³/mol. The van der Waals surface area contributed by atoms with Crippen LogP contribution >= 0.6 is 0 Å². The number of fused-ring (bicyclic) bond motifs is 5. The number of rotatable bonds is 1. The van der Waals surface area contributed by atoms with Crippen LogP contribution in [0.1, 0.15) is 0 Å². The summed E-state index contributed by atoms with van der Waals surface area (Å²) in [6, 6.07) is 24.7. The number of aromatic nitrogens is 2. The molecule has 0 N–H and O–H groups in total. The molecule has 0 spiro atoms. The number of hydrogen-bond donors (Lipinski definition) is 0. The van der Waals surface area contributed by atoms with E-state index in [1.54, 1.807) is 0 Å². The van der Waals surface area contributed by atoms with Gasteiger partial charge in [-0.15, -0.1) is 0 Å². The summed E-state index contributed by atoms with van der Waals surface area (Å²) in [7, 11) is 5.85. The van der Waals surface area contributed by atoms with Crippen LogP contribution in [0.25, 0.3) is 38.6 Å². The largest absolute Gasteiger partial charge is 0.315 e. The molecule has 0 saturated carbocycles. The molecule has 3 heterocycles. The molecule has 110 valence electrons. The van der Waals surface area contributed by atoms with E-state index >= 15 is 0 Å². The highest BCUT2D eigenvalue weighted by atomic mass is 14.9. The zero-order valence-corrected chi connectivity index (χ0v) is 13.0. The molecule has 0 atom stereocenters. The molecule has 0 unspecified atom stereocenters. The highest BCUT2D eigenvalue weighted by Crippen LogP contribution is 2.34. The maximum Gasteiger partial charge on any atom is 0.113 e. The van der Waals surface area contributed by atoms with E-state index < -0.39 is 0 Å². The lowest BCUT2D eigenvalue weighted by Gasteiger charge is -2.08. The van der Waals surface area contributed by atoms with Crippen LogP contribution in [0.15, 0.2) is 79.0 Å². The average Bonchev–Trinajstić information content (AvgIpc) is 3.02. The number of para-hydroxylation sites is 1. The average molecular weight is 304 g/mol. The van der Waals surface area contributed by atoms with Gasteiger partial charge in [0.2, 0.25) is 0 Å². The van der Waals surface area contributed by atoms with Gasteiger partial charge in [0.1, 0.15) is 7.85 Å². The summed E-state index contributed by atoms with van der Waals surface area (Å²) in [5, 5.41) is 2.40. The molecule has 0 amide bonds. The first-order valence-electron chi connectivity index (χ1n) is 7.96. The Labute approximate surface area is 140 Å². The fourth-order valence-electron chi connectivity index (χ4n) is 3.39. The van der Waals surface area contributed by atoms with Crippen molar-refractivity contribution >= 4 is 40.6 Å². The fourth-order valence-corrected chi connectivity index (χ4v) is 3.39. The number of nitrogens with zero attached hydrogens (tertiary/aromatic N) is 2. The zero-order valence-electron chi connectivity index (χ0n) is 13.0. The Morgan fingerprint density at radius 3 is 2.46 bits per heavy atom. The third kappa shape index (κ3) is 1.88. The highest BCUT2D eigenvalue weighted by molar-refractivity contribution is 6.32. The smallest absolute Gasteiger partial charge is 0.113 e. The van der Waals surface area contributed by atoms with Crippen molar-refractivity contribution in [2.45, 2.75) is 0 Å². The first-order valence-corrected chi connectivity index (χ1v) is 7.96. The van der Waals surface area contributed by atoms with Crippen molar-refractivity contribution in [2.24, 2.45) is 0 Å². The second-order valence-corrected chi connectivity index (χ2v) is 6.00. The molecule has 5 rings (SSSR count). The van der Waals surface area contributed by atoms with E-state index in [0.29, 0.717) is 0 Å². The van der Waals surface area contributed by atoms with E-state index in [-0.39, 0.29) is 0 Å². The molecule has 24 heavy (non-hydrogen) atoms. The lowest BCUT2D eigenvalue weighted by atomic mass is 9.94. The van der Waals surface area contributed by atoms with Gasteiger partial charge in [-0.2, -0.15) is 0 Å². The minimum absolute atomic E-state index is 0.760. The first-order chi connectivity index (χ1) is 11.8. The van der Waals surface area contributed by atoms with Gasteiger partial charge >= 0.3 is 0 Å². The number of hydrogen-bond acceptors (Lipinski definition) is 1. The Bertz CT molecular complexity index is 1200. The van der Waals surface area contributed by atoms with Crippen molar-refractivity contribution in [3.8, 4) is 11.3 Å². The zero-order chi connectivity index (χ0) is 16.1. The molecule has 0 aliphatic heterocycles. The molecule has 2 aromatic carbocycles. The molecule has 0 aliphatic rings. The van der Waals surface area contributed by atoms with E-state index in [1.807, 2.05) is 36.4 Å². The Kier molecular flexibility index (Phi) is 2.77. The summed E-state index contributed by atoms with van der Waals surface area (Å²) in [5.74, 6) is 0. The molecule has 3 heteroatoms. The van der Waals surface area contributed by atoms with Gasteiger partial charge in [0.05, 0.1) is 16.7 Å². The lowest BCUT2D eigenvalue weighted by Crippen LogP contribution is -2.00. The third-order valence-electron chi connectivity index (χ3n) is 4.51. The van der Waals surface area contributed by atoms with E-state index in [9.17, 15) is 0 Å². The van der Waals surface area contributed by atoms with E-state index in [4.69, 9.17) is 12.8 Å². The normalized spacial score (nSPS) is 11.5. The quantitative estimate of drug-likeness (QED) is 0.426. The molecule has 0 saturated heterocycles. The molecule has 2 nitrogen and oxygen atoms in total. The maximum atomic E-state index is 5.85. The van der Waals surface area contributed by atoms with E-state index in [1.165, 1.54) is 16.3 Å². The van der Waals surface area contributed by atoms with Gasteiger partial charge in [0, 0.05) is 28.0 Å². The summed E-state index contributed by atoms with van der Waals surface area (Å²) in [5.41, 5.74) is 6.12. The van der Waals surface area contributed by atoms with Gasteiger partial charge in [-0.1, -0.05) is 54.0 Å². The van der Waals surface area contributed by atoms with Crippen LogP contribution in [-0.4, -0.2) is 17.2 Å². The molecule has 2 radical (unpaired) electrons. The fraction of sp³-hybridized carbons (Fsp3) is 0. The first kappa shape index (κ1) is 13.4. The molecule has 3 aromatic heterocycles. The van der Waals surface area contributed by atoms with Crippen LogP contribution in [0.3, 0.4) is 0 Å². The summed E-state index contributed by atoms with van der Waals surface area (Å²) >= 11 is 0. The predicted octanol–water partition coefficient (Wildman–Crippen LogP) is 4.10. The van der Waals surface area contributed by atoms with E-state index in [0.717, 1.165) is 27.8 Å². The van der Waals surface area contributed by atoms with Gasteiger partial charge in [0.25, 0.3) is 0 Å². The van der Waals surface area contributed by atoms with Crippen molar-refractivity contribution in [1.29, 1.82) is 0 Å². The Morgan fingerprint density at radius 2 is 1.58 bits per heavy atom. The molecule has 0 aliphatic carbocycles. The van der Waals surface area contributed by atoms with E-state index in [2.05, 4.69) is 47.0 Å². The topological polar surface area (TPSA) is 17.3 Å². The third-order valence-corrected chi connectivity index (χ3v) is 4.51. The monoisotopic (exact) mass is 304 g/mol. The van der Waals surface area contributed by atoms with Gasteiger partial charge in [-0.3, -0.25) is 0 Å². The molecule has 0 bridgehead atoms. The van der Waals surface area contributed by atoms with Gasteiger partial charge in [0.15, 0.2) is 0 Å². The maximum absolute atomic E-state index is 5.85. The number of benzene rings is 2. The number of pyridine rings is 2. The minimum atomic E-state index is 0.760. The van der Waals surface area contributed by atoms with Crippen LogP contribution in [0, 0.1) is 0 Å². The molecular weight excluding hydrogens is 291 g/mol. The summed E-state index contributed by atoms with van der Waals surface area (Å²) in [4.78, 5) is 4.96. The van der Waals surface area contributed by atoms with Crippen LogP contribution in [-0.2, 0) is 0 Å². The highest BCUT2D eigenvalue weighted by Gasteiger charge is 2.14. The molecule has 5 aromatic rings. The van der Waals surface area contributed by atoms with Crippen LogP contribution in [0.4, 0.5) is 0 Å². The minimum Gasteiger partial charge on any atom is -0.315 e. The second-order valence-electron chi connectivity index (χ2n) is 6.00. The molecule has 0 fully saturated rings. The lowest BCUT2D eigenvalue weighted by molar-refractivity contribution is 1.24. The van der Waals surface area contributed by atoms with Crippen LogP contribution < -0.4 is 5.46 Å². The van der Waals surface area contributed by atoms with Gasteiger partial charge in [-0.25, -0.2) is 4.98 Å². The van der Waals surface area contributed by atoms with Crippen molar-refractivity contribution < 1.29 is 0 Å². The van der Waals surface area contributed by atoms with Crippen molar-refractivity contribution in [1.82, 2.24) is 9.38 Å². The molecular formula is C21H13BN2. The van der Waals surface area contributed by atoms with Gasteiger partial charge < -0.3 is 4.40 Å². The van der Waals surface area contributed by atoms with Gasteiger partial charge in [-0.05, 0) is 24.3 Å². The summed E-state index contributed by atoms with van der Waals surface area (Å²) < 4.78 is 2.21. The Morgan fingerprint density at radius 1 is 0.792 bits per heavy atom. The van der Waals surface area contributed by atoms with Crippen LogP contribution in [0.5, 0.6) is 0 Å². The SMILES string of the molecule is [B]c1ccc(-c2nc3ccccc3c3cc4ccccn4c23)cc1. The summed E-state index contributed by atoms with van der Waals surface area (Å²) in [6.45, 7) is 0. The Hall–Kier alpha value is -3.07. The summed E-state index contributed by atoms with van der Waals surface area (Å²) in [6.07, 6.45) is 2.09.